The maximum absolute atomic E-state index is 12.1. The third kappa shape index (κ3) is 4.15. The first-order chi connectivity index (χ1) is 10.1. The molecular formula is C15H9BrClN3O. The van der Waals surface area contributed by atoms with Crippen molar-refractivity contribution >= 4 is 44.7 Å². The van der Waals surface area contributed by atoms with Gasteiger partial charge in [-0.2, -0.15) is 10.4 Å². The van der Waals surface area contributed by atoms with Gasteiger partial charge < -0.3 is 0 Å². The quantitative estimate of drug-likeness (QED) is 0.501. The van der Waals surface area contributed by atoms with E-state index in [4.69, 9.17) is 16.9 Å². The first kappa shape index (κ1) is 15.2. The highest BCUT2D eigenvalue weighted by Crippen LogP contribution is 2.15. The van der Waals surface area contributed by atoms with Gasteiger partial charge in [0.1, 0.15) is 6.07 Å². The lowest BCUT2D eigenvalue weighted by molar-refractivity contribution is 0.106. The number of rotatable bonds is 4. The van der Waals surface area contributed by atoms with E-state index < -0.39 is 5.78 Å². The van der Waals surface area contributed by atoms with E-state index in [1.807, 2.05) is 0 Å². The average molecular weight is 363 g/mol. The molecule has 0 saturated heterocycles. The van der Waals surface area contributed by atoms with Crippen molar-refractivity contribution in [3.8, 4) is 6.07 Å². The summed E-state index contributed by atoms with van der Waals surface area (Å²) in [6.07, 6.45) is 0. The molecule has 0 spiro atoms. The fraction of sp³-hybridized carbons (Fsp3) is 0. The molecule has 6 heteroatoms. The van der Waals surface area contributed by atoms with Gasteiger partial charge in [0.05, 0.1) is 5.69 Å². The van der Waals surface area contributed by atoms with Gasteiger partial charge in [0.2, 0.25) is 11.5 Å². The largest absolute Gasteiger partial charge is 0.286 e. The summed E-state index contributed by atoms with van der Waals surface area (Å²) in [5.41, 5.74) is 3.42. The van der Waals surface area contributed by atoms with Crippen LogP contribution in [-0.2, 0) is 0 Å². The molecule has 2 rings (SSSR count). The summed E-state index contributed by atoms with van der Waals surface area (Å²) >= 11 is 9.13. The molecule has 0 aromatic heterocycles. The maximum Gasteiger partial charge on any atom is 0.223 e. The minimum Gasteiger partial charge on any atom is -0.286 e. The minimum atomic E-state index is -0.445. The van der Waals surface area contributed by atoms with Crippen LogP contribution in [0.3, 0.4) is 0 Å². The lowest BCUT2D eigenvalue weighted by Gasteiger charge is -2.02. The van der Waals surface area contributed by atoms with E-state index in [0.29, 0.717) is 16.3 Å². The molecule has 0 aliphatic heterocycles. The van der Waals surface area contributed by atoms with Crippen LogP contribution in [0.15, 0.2) is 58.1 Å². The van der Waals surface area contributed by atoms with Crippen molar-refractivity contribution < 1.29 is 4.79 Å². The molecule has 4 nitrogen and oxygen atoms in total. The molecule has 0 atom stereocenters. The molecule has 0 radical (unpaired) electrons. The standard InChI is InChI=1S/C15H9BrClN3O/c16-11-6-4-10(5-7-11)15(21)14(9-18)20-19-13-3-1-2-12(17)8-13/h1-8,19H. The van der Waals surface area contributed by atoms with Crippen molar-refractivity contribution in [2.75, 3.05) is 5.43 Å². The van der Waals surface area contributed by atoms with Gasteiger partial charge in [0.15, 0.2) is 0 Å². The Morgan fingerprint density at radius 3 is 2.57 bits per heavy atom. The highest BCUT2D eigenvalue weighted by molar-refractivity contribution is 9.10. The first-order valence-corrected chi connectivity index (χ1v) is 7.07. The van der Waals surface area contributed by atoms with Crippen LogP contribution >= 0.6 is 27.5 Å². The van der Waals surface area contributed by atoms with Crippen molar-refractivity contribution in [1.82, 2.24) is 0 Å². The number of hydrogen-bond acceptors (Lipinski definition) is 4. The van der Waals surface area contributed by atoms with Gasteiger partial charge in [-0.05, 0) is 42.5 Å². The molecular weight excluding hydrogens is 354 g/mol. The molecule has 0 saturated carbocycles. The van der Waals surface area contributed by atoms with Crippen LogP contribution in [0.4, 0.5) is 5.69 Å². The highest BCUT2D eigenvalue weighted by Gasteiger charge is 2.13. The fourth-order valence-corrected chi connectivity index (χ4v) is 2.00. The molecule has 0 bridgehead atoms. The van der Waals surface area contributed by atoms with Crippen LogP contribution in [0.25, 0.3) is 0 Å². The molecule has 2 aromatic rings. The Morgan fingerprint density at radius 1 is 1.24 bits per heavy atom. The predicted molar refractivity (Wildman–Crippen MR) is 86.6 cm³/mol. The van der Waals surface area contributed by atoms with Crippen LogP contribution in [0.1, 0.15) is 10.4 Å². The van der Waals surface area contributed by atoms with E-state index in [1.165, 1.54) is 0 Å². The minimum absolute atomic E-state index is 0.225. The van der Waals surface area contributed by atoms with Crippen molar-refractivity contribution in [3.63, 3.8) is 0 Å². The molecule has 0 aliphatic rings. The maximum atomic E-state index is 12.1. The molecule has 1 N–H and O–H groups in total. The first-order valence-electron chi connectivity index (χ1n) is 5.90. The molecule has 0 aliphatic carbocycles. The number of hydrazone groups is 1. The fourth-order valence-electron chi connectivity index (χ4n) is 1.54. The third-order valence-electron chi connectivity index (χ3n) is 2.55. The van der Waals surface area contributed by atoms with Gasteiger partial charge >= 0.3 is 0 Å². The second-order valence-corrected chi connectivity index (χ2v) is 5.38. The molecule has 0 heterocycles. The van der Waals surface area contributed by atoms with Crippen LogP contribution < -0.4 is 5.43 Å². The molecule has 0 amide bonds. The Balaban J connectivity index is 2.19. The van der Waals surface area contributed by atoms with Crippen molar-refractivity contribution in [2.45, 2.75) is 0 Å². The number of nitrogens with zero attached hydrogens (tertiary/aromatic N) is 2. The summed E-state index contributed by atoms with van der Waals surface area (Å²) < 4.78 is 0.853. The smallest absolute Gasteiger partial charge is 0.223 e. The number of benzene rings is 2. The molecule has 104 valence electrons. The average Bonchev–Trinajstić information content (AvgIpc) is 2.48. The summed E-state index contributed by atoms with van der Waals surface area (Å²) in [5, 5.41) is 13.4. The normalized spacial score (nSPS) is 10.8. The van der Waals surface area contributed by atoms with Gasteiger partial charge in [-0.25, -0.2) is 0 Å². The zero-order valence-corrected chi connectivity index (χ0v) is 13.0. The van der Waals surface area contributed by atoms with Gasteiger partial charge in [0.25, 0.3) is 0 Å². The molecule has 0 unspecified atom stereocenters. The SMILES string of the molecule is N#CC(=NNc1cccc(Cl)c1)C(=O)c1ccc(Br)cc1. The number of halogens is 2. The Kier molecular flexibility index (Phi) is 5.09. The van der Waals surface area contributed by atoms with Crippen molar-refractivity contribution in [2.24, 2.45) is 5.10 Å². The van der Waals surface area contributed by atoms with Gasteiger partial charge in [-0.15, -0.1) is 0 Å². The van der Waals surface area contributed by atoms with Gasteiger partial charge in [-0.3, -0.25) is 10.2 Å². The van der Waals surface area contributed by atoms with Gasteiger partial charge in [-0.1, -0.05) is 33.6 Å². The van der Waals surface area contributed by atoms with Crippen molar-refractivity contribution in [1.29, 1.82) is 5.26 Å². The van der Waals surface area contributed by atoms with Crippen LogP contribution in [-0.4, -0.2) is 11.5 Å². The predicted octanol–water partition coefficient (Wildman–Crippen LogP) is 4.28. The molecule has 21 heavy (non-hydrogen) atoms. The number of nitrogens with one attached hydrogen (secondary N) is 1. The number of carbonyl (C=O) groups excluding carboxylic acids is 1. The van der Waals surface area contributed by atoms with Crippen molar-refractivity contribution in [3.05, 3.63) is 63.6 Å². The topological polar surface area (TPSA) is 65.2 Å². The third-order valence-corrected chi connectivity index (χ3v) is 3.31. The van der Waals surface area contributed by atoms with Crippen LogP contribution in [0.2, 0.25) is 5.02 Å². The number of ketones is 1. The van der Waals surface area contributed by atoms with Crippen LogP contribution in [0, 0.1) is 11.3 Å². The summed E-state index contributed by atoms with van der Waals surface area (Å²) in [6.45, 7) is 0. The Hall–Kier alpha value is -2.16. The van der Waals surface area contributed by atoms with E-state index in [1.54, 1.807) is 54.6 Å². The monoisotopic (exact) mass is 361 g/mol. The number of Topliss-reactive ketones (excluding diaryl/α,β-unsaturated/α-hetero) is 1. The Labute approximate surface area is 135 Å². The summed E-state index contributed by atoms with van der Waals surface area (Å²) in [4.78, 5) is 12.1. The molecule has 0 fully saturated rings. The van der Waals surface area contributed by atoms with Gasteiger partial charge in [0, 0.05) is 15.1 Å². The zero-order chi connectivity index (χ0) is 15.2. The van der Waals surface area contributed by atoms with E-state index in [0.717, 1.165) is 4.47 Å². The molecule has 2 aromatic carbocycles. The number of nitriles is 1. The van der Waals surface area contributed by atoms with Crippen LogP contribution in [0.5, 0.6) is 0 Å². The number of anilines is 1. The summed E-state index contributed by atoms with van der Waals surface area (Å²) in [7, 11) is 0. The van der Waals surface area contributed by atoms with E-state index in [9.17, 15) is 4.79 Å². The zero-order valence-electron chi connectivity index (χ0n) is 10.7. The number of carbonyl (C=O) groups is 1. The van der Waals surface area contributed by atoms with E-state index >= 15 is 0 Å². The van der Waals surface area contributed by atoms with E-state index in [2.05, 4.69) is 26.5 Å². The summed E-state index contributed by atoms with van der Waals surface area (Å²) in [5.74, 6) is -0.445. The lowest BCUT2D eigenvalue weighted by Crippen LogP contribution is -2.14. The van der Waals surface area contributed by atoms with E-state index in [-0.39, 0.29) is 5.71 Å². The summed E-state index contributed by atoms with van der Waals surface area (Å²) in [6, 6.07) is 15.3. The second kappa shape index (κ2) is 7.02. The number of hydrogen-bond donors (Lipinski definition) is 1. The highest BCUT2D eigenvalue weighted by atomic mass is 79.9. The Bertz CT molecular complexity index is 735. The second-order valence-electron chi connectivity index (χ2n) is 4.03. The Morgan fingerprint density at radius 2 is 1.95 bits per heavy atom. The lowest BCUT2D eigenvalue weighted by atomic mass is 10.1.